The van der Waals surface area contributed by atoms with E-state index >= 15 is 0 Å². The molecule has 3 aromatic carbocycles. The van der Waals surface area contributed by atoms with Crippen molar-refractivity contribution in [2.24, 2.45) is 7.05 Å². The van der Waals surface area contributed by atoms with Crippen molar-refractivity contribution >= 4 is 52.1 Å². The number of carbonyl (C=O) groups excluding carboxylic acids is 2. The smallest absolute Gasteiger partial charge is 0.197 e. The minimum absolute atomic E-state index is 0.0202. The molecule has 6 rings (SSSR count). The van der Waals surface area contributed by atoms with Crippen LogP contribution in [0.2, 0.25) is 10.0 Å². The molecule has 178 valence electrons. The molecule has 0 aliphatic heterocycles. The summed E-state index contributed by atoms with van der Waals surface area (Å²) in [5.74, 6) is 0.177. The van der Waals surface area contributed by atoms with Gasteiger partial charge in [-0.25, -0.2) is 9.97 Å². The lowest BCUT2D eigenvalue weighted by atomic mass is 10.1. The van der Waals surface area contributed by atoms with Gasteiger partial charge in [0.2, 0.25) is 0 Å². The molecule has 0 saturated heterocycles. The number of carbonyl (C=O) groups is 2. The molecule has 2 heterocycles. The Labute approximate surface area is 220 Å². The Balaban J connectivity index is 1.55. The molecule has 1 aliphatic rings. The standard InChI is InChI=1S/C28H15Cl2N5O2/c1-34-26(16-9-7-15(14-31)8-10-16)33-28-27(34)32-23(35(28)17-5-3-2-4-6-17)13-20-24(36)18-11-21(29)22(30)12-19(18)25(20)37/h2-13H,1H3. The molecular formula is C28H15Cl2N5O2. The number of rotatable bonds is 3. The monoisotopic (exact) mass is 523 g/mol. The van der Waals surface area contributed by atoms with Gasteiger partial charge < -0.3 is 4.57 Å². The van der Waals surface area contributed by atoms with Gasteiger partial charge in [-0.1, -0.05) is 41.4 Å². The zero-order chi connectivity index (χ0) is 25.8. The van der Waals surface area contributed by atoms with E-state index in [1.807, 2.05) is 54.1 Å². The highest BCUT2D eigenvalue weighted by Crippen LogP contribution is 2.35. The Morgan fingerprint density at radius 3 is 2.08 bits per heavy atom. The molecule has 37 heavy (non-hydrogen) atoms. The highest BCUT2D eigenvalue weighted by atomic mass is 35.5. The van der Waals surface area contributed by atoms with Crippen LogP contribution in [0.15, 0.2) is 72.3 Å². The number of para-hydroxylation sites is 1. The van der Waals surface area contributed by atoms with E-state index in [4.69, 9.17) is 38.4 Å². The van der Waals surface area contributed by atoms with Gasteiger partial charge in [-0.3, -0.25) is 14.2 Å². The van der Waals surface area contributed by atoms with Crippen molar-refractivity contribution in [1.82, 2.24) is 19.1 Å². The molecule has 0 radical (unpaired) electrons. The molecule has 7 nitrogen and oxygen atoms in total. The number of fused-ring (bicyclic) bond motifs is 2. The Hall–Kier alpha value is -4.51. The molecule has 0 unspecified atom stereocenters. The highest BCUT2D eigenvalue weighted by molar-refractivity contribution is 6.46. The molecule has 0 amide bonds. The summed E-state index contributed by atoms with van der Waals surface area (Å²) in [5, 5.41) is 9.53. The fraction of sp³-hybridized carbons (Fsp3) is 0.0357. The molecule has 2 aromatic heterocycles. The van der Waals surface area contributed by atoms with Gasteiger partial charge in [-0.05, 0) is 54.6 Å². The number of nitriles is 1. The first-order chi connectivity index (χ1) is 17.9. The lowest BCUT2D eigenvalue weighted by Gasteiger charge is -2.06. The van der Waals surface area contributed by atoms with Crippen LogP contribution in [0.5, 0.6) is 0 Å². The molecule has 1 aliphatic carbocycles. The molecule has 0 N–H and O–H groups in total. The maximum Gasteiger partial charge on any atom is 0.197 e. The van der Waals surface area contributed by atoms with Gasteiger partial charge in [0, 0.05) is 29.4 Å². The SMILES string of the molecule is Cn1c(-c2ccc(C#N)cc2)nc2c1nc(C=C1C(=O)c3cc(Cl)c(Cl)cc3C1=O)n2-c1ccccc1. The van der Waals surface area contributed by atoms with Crippen molar-refractivity contribution < 1.29 is 9.59 Å². The molecule has 0 bridgehead atoms. The zero-order valence-electron chi connectivity index (χ0n) is 19.2. The van der Waals surface area contributed by atoms with Gasteiger partial charge >= 0.3 is 0 Å². The van der Waals surface area contributed by atoms with E-state index in [0.29, 0.717) is 28.5 Å². The maximum absolute atomic E-state index is 13.2. The van der Waals surface area contributed by atoms with Crippen LogP contribution in [-0.4, -0.2) is 30.7 Å². The Kier molecular flexibility index (Phi) is 5.30. The molecule has 0 fully saturated rings. The van der Waals surface area contributed by atoms with Crippen LogP contribution >= 0.6 is 23.2 Å². The third-order valence-electron chi connectivity index (χ3n) is 6.31. The molecule has 5 aromatic rings. The van der Waals surface area contributed by atoms with Gasteiger partial charge in [-0.2, -0.15) is 5.26 Å². The molecule has 0 atom stereocenters. The van der Waals surface area contributed by atoms with Crippen molar-refractivity contribution in [1.29, 1.82) is 5.26 Å². The number of ketones is 2. The Morgan fingerprint density at radius 2 is 1.49 bits per heavy atom. The number of halogens is 2. The summed E-state index contributed by atoms with van der Waals surface area (Å²) < 4.78 is 3.64. The van der Waals surface area contributed by atoms with Crippen LogP contribution in [0.25, 0.3) is 34.4 Å². The van der Waals surface area contributed by atoms with Crippen LogP contribution in [-0.2, 0) is 7.05 Å². The van der Waals surface area contributed by atoms with E-state index in [1.165, 1.54) is 18.2 Å². The fourth-order valence-corrected chi connectivity index (χ4v) is 4.80. The maximum atomic E-state index is 13.2. The lowest BCUT2D eigenvalue weighted by Crippen LogP contribution is -2.04. The molecule has 0 spiro atoms. The average molecular weight is 524 g/mol. The van der Waals surface area contributed by atoms with Crippen molar-refractivity contribution in [2.75, 3.05) is 0 Å². The van der Waals surface area contributed by atoms with Crippen molar-refractivity contribution in [3.8, 4) is 23.1 Å². The molecule has 0 saturated carbocycles. The second kappa shape index (κ2) is 8.56. The van der Waals surface area contributed by atoms with Crippen LogP contribution in [0, 0.1) is 11.3 Å². The number of hydrogen-bond donors (Lipinski definition) is 0. The number of hydrogen-bond acceptors (Lipinski definition) is 5. The summed E-state index contributed by atoms with van der Waals surface area (Å²) in [6.07, 6.45) is 1.49. The van der Waals surface area contributed by atoms with E-state index < -0.39 is 11.6 Å². The van der Waals surface area contributed by atoms with E-state index in [2.05, 4.69) is 6.07 Å². The minimum Gasteiger partial charge on any atom is -0.310 e. The number of nitrogens with zero attached hydrogens (tertiary/aromatic N) is 5. The van der Waals surface area contributed by atoms with Crippen molar-refractivity contribution in [2.45, 2.75) is 0 Å². The van der Waals surface area contributed by atoms with Crippen molar-refractivity contribution in [3.63, 3.8) is 0 Å². The quantitative estimate of drug-likeness (QED) is 0.211. The number of Topliss-reactive ketones (excluding diaryl/α,β-unsaturated/α-hetero) is 2. The second-order valence-electron chi connectivity index (χ2n) is 8.50. The third-order valence-corrected chi connectivity index (χ3v) is 7.03. The topological polar surface area (TPSA) is 93.6 Å². The average Bonchev–Trinajstić information content (AvgIpc) is 3.50. The normalized spacial score (nSPS) is 12.8. The Bertz CT molecular complexity index is 1800. The lowest BCUT2D eigenvalue weighted by molar-refractivity contribution is 0.0990. The van der Waals surface area contributed by atoms with Gasteiger partial charge in [0.05, 0.1) is 27.3 Å². The second-order valence-corrected chi connectivity index (χ2v) is 9.31. The number of imidazole rings is 2. The van der Waals surface area contributed by atoms with Gasteiger partial charge in [0.1, 0.15) is 11.6 Å². The van der Waals surface area contributed by atoms with Gasteiger partial charge in [0.15, 0.2) is 22.9 Å². The minimum atomic E-state index is -0.434. The van der Waals surface area contributed by atoms with Crippen LogP contribution in [0.4, 0.5) is 0 Å². The number of allylic oxidation sites excluding steroid dienone is 1. The molecular weight excluding hydrogens is 509 g/mol. The third kappa shape index (κ3) is 3.58. The summed E-state index contributed by atoms with van der Waals surface area (Å²) in [5.41, 5.74) is 3.68. The summed E-state index contributed by atoms with van der Waals surface area (Å²) in [6.45, 7) is 0. The van der Waals surface area contributed by atoms with Gasteiger partial charge in [0.25, 0.3) is 0 Å². The van der Waals surface area contributed by atoms with Crippen LogP contribution < -0.4 is 0 Å². The summed E-state index contributed by atoms with van der Waals surface area (Å²) in [7, 11) is 1.84. The molecule has 9 heteroatoms. The summed E-state index contributed by atoms with van der Waals surface area (Å²) in [4.78, 5) is 36.0. The first-order valence-corrected chi connectivity index (χ1v) is 11.9. The Morgan fingerprint density at radius 1 is 0.865 bits per heavy atom. The van der Waals surface area contributed by atoms with E-state index in [-0.39, 0.29) is 26.7 Å². The first kappa shape index (κ1) is 22.9. The largest absolute Gasteiger partial charge is 0.310 e. The van der Waals surface area contributed by atoms with Gasteiger partial charge in [-0.15, -0.1) is 0 Å². The number of benzene rings is 3. The number of aromatic nitrogens is 4. The zero-order valence-corrected chi connectivity index (χ0v) is 20.7. The predicted octanol–water partition coefficient (Wildman–Crippen LogP) is 6.07. The van der Waals surface area contributed by atoms with Crippen LogP contribution in [0.3, 0.4) is 0 Å². The van der Waals surface area contributed by atoms with E-state index in [9.17, 15) is 9.59 Å². The highest BCUT2D eigenvalue weighted by Gasteiger charge is 2.35. The van der Waals surface area contributed by atoms with E-state index in [0.717, 1.165) is 11.3 Å². The summed E-state index contributed by atoms with van der Waals surface area (Å²) in [6, 6.07) is 21.5. The predicted molar refractivity (Wildman–Crippen MR) is 141 cm³/mol. The fourth-order valence-electron chi connectivity index (χ4n) is 4.47. The van der Waals surface area contributed by atoms with Crippen molar-refractivity contribution in [3.05, 3.63) is 105 Å². The summed E-state index contributed by atoms with van der Waals surface area (Å²) >= 11 is 12.2. The van der Waals surface area contributed by atoms with E-state index in [1.54, 1.807) is 16.7 Å². The number of aryl methyl sites for hydroxylation is 1. The first-order valence-electron chi connectivity index (χ1n) is 11.2. The van der Waals surface area contributed by atoms with Crippen LogP contribution in [0.1, 0.15) is 32.1 Å².